The van der Waals surface area contributed by atoms with Gasteiger partial charge in [0.1, 0.15) is 22.8 Å². The summed E-state index contributed by atoms with van der Waals surface area (Å²) in [5.41, 5.74) is 3.51. The summed E-state index contributed by atoms with van der Waals surface area (Å²) in [6.07, 6.45) is 1.62. The average Bonchev–Trinajstić information content (AvgIpc) is 3.40. The van der Waals surface area contributed by atoms with E-state index >= 15 is 0 Å². The Kier molecular flexibility index (Phi) is 4.69. The number of aliphatic imine (C=N–C) groups is 1. The summed E-state index contributed by atoms with van der Waals surface area (Å²) in [6, 6.07) is 24.2. The number of aromatic hydroxyl groups is 1. The van der Waals surface area contributed by atoms with Crippen LogP contribution in [0.15, 0.2) is 97.2 Å². The van der Waals surface area contributed by atoms with Crippen LogP contribution in [-0.4, -0.2) is 16.3 Å². The van der Waals surface area contributed by atoms with Gasteiger partial charge in [0.2, 0.25) is 5.89 Å². The molecule has 6 heteroatoms. The largest absolute Gasteiger partial charge is 0.507 e. The molecule has 0 fully saturated rings. The zero-order chi connectivity index (χ0) is 20.5. The molecule has 3 aromatic carbocycles. The van der Waals surface area contributed by atoms with Crippen LogP contribution in [0.5, 0.6) is 5.75 Å². The number of halogens is 1. The topological polar surface area (TPSA) is 71.8 Å². The van der Waals surface area contributed by atoms with Crippen molar-refractivity contribution in [2.24, 2.45) is 4.99 Å². The molecule has 0 spiro atoms. The Bertz CT molecular complexity index is 1330. The van der Waals surface area contributed by atoms with E-state index in [2.05, 4.69) is 25.9 Å². The maximum absolute atomic E-state index is 10.4. The number of hydrogen-bond acceptors (Lipinski definition) is 5. The van der Waals surface area contributed by atoms with Crippen molar-refractivity contribution in [2.45, 2.75) is 0 Å². The first-order chi connectivity index (χ1) is 14.7. The van der Waals surface area contributed by atoms with E-state index in [1.54, 1.807) is 24.4 Å². The van der Waals surface area contributed by atoms with E-state index in [4.69, 9.17) is 8.83 Å². The van der Waals surface area contributed by atoms with Crippen LogP contribution in [0, 0.1) is 0 Å². The number of phenols is 1. The summed E-state index contributed by atoms with van der Waals surface area (Å²) in [4.78, 5) is 8.82. The Hall–Kier alpha value is -3.64. The third-order valence-electron chi connectivity index (χ3n) is 4.60. The van der Waals surface area contributed by atoms with Crippen molar-refractivity contribution in [1.29, 1.82) is 0 Å². The minimum Gasteiger partial charge on any atom is -0.507 e. The molecule has 0 aliphatic rings. The molecule has 0 saturated heterocycles. The normalized spacial score (nSPS) is 11.5. The number of furan rings is 1. The first kappa shape index (κ1) is 18.4. The lowest BCUT2D eigenvalue weighted by Crippen LogP contribution is -1.80. The molecule has 0 saturated carbocycles. The van der Waals surface area contributed by atoms with Crippen LogP contribution < -0.4 is 0 Å². The van der Waals surface area contributed by atoms with Gasteiger partial charge in [-0.15, -0.1) is 0 Å². The number of rotatable bonds is 4. The first-order valence-electron chi connectivity index (χ1n) is 9.24. The van der Waals surface area contributed by atoms with E-state index in [9.17, 15) is 5.11 Å². The van der Waals surface area contributed by atoms with Gasteiger partial charge in [-0.2, -0.15) is 0 Å². The first-order valence-corrected chi connectivity index (χ1v) is 10.0. The van der Waals surface area contributed by atoms with Gasteiger partial charge in [0, 0.05) is 16.1 Å². The maximum atomic E-state index is 10.4. The van der Waals surface area contributed by atoms with E-state index < -0.39 is 0 Å². The highest BCUT2D eigenvalue weighted by Gasteiger charge is 2.12. The number of nitrogens with zero attached hydrogens (tertiary/aromatic N) is 2. The number of oxazole rings is 1. The SMILES string of the molecule is Oc1cc(N=Cc2ccc(-c3ccc(Br)cc3)o2)ccc1-c1nc2ccccc2o1. The molecule has 0 unspecified atom stereocenters. The molecule has 30 heavy (non-hydrogen) atoms. The van der Waals surface area contributed by atoms with E-state index in [1.807, 2.05) is 60.7 Å². The summed E-state index contributed by atoms with van der Waals surface area (Å²) in [5.74, 6) is 1.80. The number of phenolic OH excluding ortho intramolecular Hbond substituents is 1. The van der Waals surface area contributed by atoms with Crippen molar-refractivity contribution >= 4 is 38.9 Å². The van der Waals surface area contributed by atoms with Crippen LogP contribution in [0.4, 0.5) is 5.69 Å². The molecule has 5 aromatic rings. The van der Waals surface area contributed by atoms with E-state index in [1.165, 1.54) is 0 Å². The minimum atomic E-state index is 0.0474. The van der Waals surface area contributed by atoms with Gasteiger partial charge in [0.15, 0.2) is 5.58 Å². The number of benzene rings is 3. The number of hydrogen-bond donors (Lipinski definition) is 1. The Morgan fingerprint density at radius 3 is 2.53 bits per heavy atom. The quantitative estimate of drug-likeness (QED) is 0.295. The van der Waals surface area contributed by atoms with Crippen LogP contribution in [0.3, 0.4) is 0 Å². The Morgan fingerprint density at radius 1 is 0.900 bits per heavy atom. The third-order valence-corrected chi connectivity index (χ3v) is 5.13. The van der Waals surface area contributed by atoms with Gasteiger partial charge in [0.05, 0.1) is 17.5 Å². The van der Waals surface area contributed by atoms with Crippen molar-refractivity contribution in [3.8, 4) is 28.5 Å². The van der Waals surface area contributed by atoms with Crippen LogP contribution in [0.25, 0.3) is 33.9 Å². The van der Waals surface area contributed by atoms with Gasteiger partial charge in [0.25, 0.3) is 0 Å². The minimum absolute atomic E-state index is 0.0474. The second kappa shape index (κ2) is 7.65. The molecular formula is C24H15BrN2O3. The van der Waals surface area contributed by atoms with Crippen molar-refractivity contribution in [3.63, 3.8) is 0 Å². The van der Waals surface area contributed by atoms with Gasteiger partial charge in [-0.05, 0) is 48.5 Å². The number of aromatic nitrogens is 1. The summed E-state index contributed by atoms with van der Waals surface area (Å²) < 4.78 is 12.6. The molecule has 2 heterocycles. The van der Waals surface area contributed by atoms with Crippen LogP contribution in [-0.2, 0) is 0 Å². The predicted octanol–water partition coefficient (Wildman–Crippen LogP) is 6.97. The standard InChI is InChI=1S/C24H15BrN2O3/c25-16-7-5-15(6-8-16)22-12-10-18(29-22)14-26-17-9-11-19(21(28)13-17)24-27-20-3-1-2-4-23(20)30-24/h1-14,28H. The molecule has 0 aliphatic carbocycles. The summed E-state index contributed by atoms with van der Waals surface area (Å²) in [6.45, 7) is 0. The fourth-order valence-electron chi connectivity index (χ4n) is 3.10. The molecule has 1 N–H and O–H groups in total. The van der Waals surface area contributed by atoms with Crippen molar-refractivity contribution in [3.05, 3.63) is 89.1 Å². The van der Waals surface area contributed by atoms with Crippen LogP contribution in [0.2, 0.25) is 0 Å². The van der Waals surface area contributed by atoms with E-state index in [0.717, 1.165) is 21.3 Å². The zero-order valence-corrected chi connectivity index (χ0v) is 17.2. The smallest absolute Gasteiger partial charge is 0.231 e. The second-order valence-electron chi connectivity index (χ2n) is 6.66. The summed E-state index contributed by atoms with van der Waals surface area (Å²) in [5, 5.41) is 10.4. The second-order valence-corrected chi connectivity index (χ2v) is 7.57. The van der Waals surface area contributed by atoms with Gasteiger partial charge in [-0.25, -0.2) is 4.98 Å². The predicted molar refractivity (Wildman–Crippen MR) is 120 cm³/mol. The third kappa shape index (κ3) is 3.65. The molecular weight excluding hydrogens is 444 g/mol. The highest BCUT2D eigenvalue weighted by Crippen LogP contribution is 2.34. The Labute approximate surface area is 180 Å². The lowest BCUT2D eigenvalue weighted by atomic mass is 10.2. The van der Waals surface area contributed by atoms with E-state index in [0.29, 0.717) is 28.5 Å². The highest BCUT2D eigenvalue weighted by atomic mass is 79.9. The average molecular weight is 459 g/mol. The van der Waals surface area contributed by atoms with Gasteiger partial charge in [-0.3, -0.25) is 4.99 Å². The molecule has 0 aliphatic heterocycles. The summed E-state index contributed by atoms with van der Waals surface area (Å²) >= 11 is 3.43. The van der Waals surface area contributed by atoms with Crippen LogP contribution >= 0.6 is 15.9 Å². The molecule has 0 radical (unpaired) electrons. The number of para-hydroxylation sites is 2. The fourth-order valence-corrected chi connectivity index (χ4v) is 3.36. The molecule has 0 bridgehead atoms. The van der Waals surface area contributed by atoms with Crippen molar-refractivity contribution in [2.75, 3.05) is 0 Å². The lowest BCUT2D eigenvalue weighted by molar-refractivity contribution is 0.474. The van der Waals surface area contributed by atoms with Crippen molar-refractivity contribution < 1.29 is 13.9 Å². The Balaban J connectivity index is 1.37. The van der Waals surface area contributed by atoms with E-state index in [-0.39, 0.29) is 5.75 Å². The Morgan fingerprint density at radius 2 is 1.73 bits per heavy atom. The summed E-state index contributed by atoms with van der Waals surface area (Å²) in [7, 11) is 0. The zero-order valence-electron chi connectivity index (χ0n) is 15.6. The maximum Gasteiger partial charge on any atom is 0.231 e. The van der Waals surface area contributed by atoms with Gasteiger partial charge in [-0.1, -0.05) is 40.2 Å². The monoisotopic (exact) mass is 458 g/mol. The molecule has 5 nitrogen and oxygen atoms in total. The van der Waals surface area contributed by atoms with Crippen molar-refractivity contribution in [1.82, 2.24) is 4.98 Å². The molecule has 146 valence electrons. The molecule has 5 rings (SSSR count). The molecule has 0 amide bonds. The van der Waals surface area contributed by atoms with Crippen LogP contribution in [0.1, 0.15) is 5.76 Å². The highest BCUT2D eigenvalue weighted by molar-refractivity contribution is 9.10. The molecule has 0 atom stereocenters. The molecule has 2 aromatic heterocycles. The number of fused-ring (bicyclic) bond motifs is 1. The van der Waals surface area contributed by atoms with Gasteiger partial charge >= 0.3 is 0 Å². The van der Waals surface area contributed by atoms with Gasteiger partial charge < -0.3 is 13.9 Å². The fraction of sp³-hybridized carbons (Fsp3) is 0. The lowest BCUT2D eigenvalue weighted by Gasteiger charge is -2.01.